The number of carbonyl (C=O) groups excluding carboxylic acids is 1. The van der Waals surface area contributed by atoms with Gasteiger partial charge >= 0.3 is 5.97 Å². The largest absolute Gasteiger partial charge is 0.449 e. The Kier molecular flexibility index (Phi) is 5.45. The van der Waals surface area contributed by atoms with Gasteiger partial charge in [-0.1, -0.05) is 49.0 Å². The summed E-state index contributed by atoms with van der Waals surface area (Å²) in [5.74, 6) is -0.371. The summed E-state index contributed by atoms with van der Waals surface area (Å²) in [7, 11) is 0. The minimum Gasteiger partial charge on any atom is -0.449 e. The summed E-state index contributed by atoms with van der Waals surface area (Å²) in [4.78, 5) is 13.2. The van der Waals surface area contributed by atoms with Crippen molar-refractivity contribution in [2.75, 3.05) is 6.26 Å². The van der Waals surface area contributed by atoms with Gasteiger partial charge in [-0.2, -0.15) is 0 Å². The quantitative estimate of drug-likeness (QED) is 0.445. The van der Waals surface area contributed by atoms with Crippen LogP contribution in [0.2, 0.25) is 0 Å². The van der Waals surface area contributed by atoms with Crippen molar-refractivity contribution in [2.45, 2.75) is 24.8 Å². The van der Waals surface area contributed by atoms with Crippen LogP contribution in [0.1, 0.15) is 29.7 Å². The molecule has 114 valence electrons. The van der Waals surface area contributed by atoms with Gasteiger partial charge in [0, 0.05) is 16.0 Å². The maximum Gasteiger partial charge on any atom is 0.334 e. The first kappa shape index (κ1) is 16.4. The lowest BCUT2D eigenvalue weighted by molar-refractivity contribution is -0.142. The molecule has 0 spiro atoms. The van der Waals surface area contributed by atoms with Gasteiger partial charge in [-0.25, -0.2) is 4.79 Å². The van der Waals surface area contributed by atoms with E-state index in [-0.39, 0.29) is 5.97 Å². The third kappa shape index (κ3) is 3.60. The zero-order chi connectivity index (χ0) is 16.1. The molecule has 0 aliphatic rings. The first-order chi connectivity index (χ1) is 10.5. The number of benzene rings is 2. The molecule has 2 aromatic carbocycles. The highest BCUT2D eigenvalue weighted by atomic mass is 32.2. The molecule has 0 heterocycles. The first-order valence-electron chi connectivity index (χ1n) is 7.09. The van der Waals surface area contributed by atoms with Gasteiger partial charge in [0.15, 0.2) is 6.10 Å². The predicted molar refractivity (Wildman–Crippen MR) is 92.2 cm³/mol. The molecular formula is C19H20O2S. The average molecular weight is 312 g/mol. The lowest BCUT2D eigenvalue weighted by atomic mass is 9.97. The van der Waals surface area contributed by atoms with E-state index in [9.17, 15) is 4.79 Å². The van der Waals surface area contributed by atoms with Crippen LogP contribution < -0.4 is 0 Å². The summed E-state index contributed by atoms with van der Waals surface area (Å²) < 4.78 is 5.76. The van der Waals surface area contributed by atoms with Crippen molar-refractivity contribution in [3.8, 4) is 0 Å². The lowest BCUT2D eigenvalue weighted by Gasteiger charge is -2.22. The monoisotopic (exact) mass is 312 g/mol. The average Bonchev–Trinajstić information content (AvgIpc) is 2.53. The molecule has 0 saturated heterocycles. The number of hydrogen-bond acceptors (Lipinski definition) is 3. The molecule has 1 atom stereocenters. The third-order valence-electron chi connectivity index (χ3n) is 3.47. The summed E-state index contributed by atoms with van der Waals surface area (Å²) in [6.45, 7) is 7.37. The summed E-state index contributed by atoms with van der Waals surface area (Å²) >= 11 is 1.65. The van der Waals surface area contributed by atoms with Gasteiger partial charge in [0.25, 0.3) is 0 Å². The number of esters is 1. The molecule has 0 aliphatic heterocycles. The SMILES string of the molecule is C=C(C)C(=O)OC(c1ccccc1C)c1ccccc1SC. The molecule has 0 bridgehead atoms. The molecule has 0 radical (unpaired) electrons. The summed E-state index contributed by atoms with van der Waals surface area (Å²) in [5, 5.41) is 0. The normalized spacial score (nSPS) is 11.8. The topological polar surface area (TPSA) is 26.3 Å². The van der Waals surface area contributed by atoms with Crippen LogP contribution in [-0.4, -0.2) is 12.2 Å². The van der Waals surface area contributed by atoms with Crippen LogP contribution in [0.15, 0.2) is 65.6 Å². The highest BCUT2D eigenvalue weighted by molar-refractivity contribution is 7.98. The van der Waals surface area contributed by atoms with E-state index < -0.39 is 6.10 Å². The fraction of sp³-hybridized carbons (Fsp3) is 0.211. The van der Waals surface area contributed by atoms with E-state index in [0.717, 1.165) is 21.6 Å². The molecular weight excluding hydrogens is 292 g/mol. The predicted octanol–water partition coefficient (Wildman–Crippen LogP) is 4.93. The van der Waals surface area contributed by atoms with E-state index in [1.165, 1.54) is 0 Å². The van der Waals surface area contributed by atoms with E-state index in [1.807, 2.05) is 61.7 Å². The number of rotatable bonds is 5. The van der Waals surface area contributed by atoms with Crippen LogP contribution in [0.3, 0.4) is 0 Å². The van der Waals surface area contributed by atoms with Crippen molar-refractivity contribution in [3.63, 3.8) is 0 Å². The van der Waals surface area contributed by atoms with E-state index in [0.29, 0.717) is 5.57 Å². The lowest BCUT2D eigenvalue weighted by Crippen LogP contribution is -2.15. The molecule has 0 aliphatic carbocycles. The standard InChI is InChI=1S/C19H20O2S/c1-13(2)19(20)21-18(15-10-6-5-9-14(15)3)16-11-7-8-12-17(16)22-4/h5-12,18H,1H2,2-4H3. The molecule has 3 heteroatoms. The minimum absolute atomic E-state index is 0.371. The Labute approximate surface area is 136 Å². The van der Waals surface area contributed by atoms with Gasteiger partial charge in [-0.3, -0.25) is 0 Å². The highest BCUT2D eigenvalue weighted by Gasteiger charge is 2.23. The Balaban J connectivity index is 2.53. The van der Waals surface area contributed by atoms with Gasteiger partial charge in [0.2, 0.25) is 0 Å². The molecule has 22 heavy (non-hydrogen) atoms. The van der Waals surface area contributed by atoms with Crippen molar-refractivity contribution in [1.82, 2.24) is 0 Å². The zero-order valence-corrected chi connectivity index (χ0v) is 13.9. The van der Waals surface area contributed by atoms with E-state index in [4.69, 9.17) is 4.74 Å². The fourth-order valence-corrected chi connectivity index (χ4v) is 2.89. The minimum atomic E-state index is -0.422. The molecule has 1 unspecified atom stereocenters. The van der Waals surface area contributed by atoms with Crippen molar-refractivity contribution in [2.24, 2.45) is 0 Å². The summed E-state index contributed by atoms with van der Waals surface area (Å²) in [5.41, 5.74) is 3.50. The van der Waals surface area contributed by atoms with Crippen LogP contribution >= 0.6 is 11.8 Å². The van der Waals surface area contributed by atoms with Gasteiger partial charge in [0.05, 0.1) is 0 Å². The number of thioether (sulfide) groups is 1. The Morgan fingerprint density at radius 3 is 2.27 bits per heavy atom. The van der Waals surface area contributed by atoms with Gasteiger partial charge < -0.3 is 4.74 Å². The highest BCUT2D eigenvalue weighted by Crippen LogP contribution is 2.34. The summed E-state index contributed by atoms with van der Waals surface area (Å²) in [6, 6.07) is 16.0. The molecule has 0 amide bonds. The maximum atomic E-state index is 12.1. The first-order valence-corrected chi connectivity index (χ1v) is 8.32. The maximum absolute atomic E-state index is 12.1. The Hall–Kier alpha value is -2.00. The van der Waals surface area contributed by atoms with Crippen LogP contribution in [0, 0.1) is 6.92 Å². The number of hydrogen-bond donors (Lipinski definition) is 0. The van der Waals surface area contributed by atoms with Crippen molar-refractivity contribution in [1.29, 1.82) is 0 Å². The molecule has 0 saturated carbocycles. The van der Waals surface area contributed by atoms with Gasteiger partial charge in [-0.05, 0) is 37.3 Å². The van der Waals surface area contributed by atoms with E-state index in [2.05, 4.69) is 6.58 Å². The second-order valence-corrected chi connectivity index (χ2v) is 6.01. The van der Waals surface area contributed by atoms with Crippen molar-refractivity contribution < 1.29 is 9.53 Å². The number of aryl methyl sites for hydroxylation is 1. The smallest absolute Gasteiger partial charge is 0.334 e. The van der Waals surface area contributed by atoms with E-state index >= 15 is 0 Å². The molecule has 0 aromatic heterocycles. The fourth-order valence-electron chi connectivity index (χ4n) is 2.27. The molecule has 0 N–H and O–H groups in total. The Morgan fingerprint density at radius 2 is 1.68 bits per heavy atom. The van der Waals surface area contributed by atoms with Crippen LogP contribution in [-0.2, 0) is 9.53 Å². The zero-order valence-electron chi connectivity index (χ0n) is 13.1. The van der Waals surface area contributed by atoms with Crippen LogP contribution in [0.5, 0.6) is 0 Å². The molecule has 2 nitrogen and oxygen atoms in total. The second kappa shape index (κ2) is 7.32. The third-order valence-corrected chi connectivity index (χ3v) is 4.28. The Morgan fingerprint density at radius 1 is 1.09 bits per heavy atom. The molecule has 2 aromatic rings. The van der Waals surface area contributed by atoms with E-state index in [1.54, 1.807) is 18.7 Å². The number of carbonyl (C=O) groups is 1. The van der Waals surface area contributed by atoms with Crippen molar-refractivity contribution in [3.05, 3.63) is 77.4 Å². The van der Waals surface area contributed by atoms with Gasteiger partial charge in [0.1, 0.15) is 0 Å². The van der Waals surface area contributed by atoms with Gasteiger partial charge in [-0.15, -0.1) is 11.8 Å². The van der Waals surface area contributed by atoms with Crippen LogP contribution in [0.25, 0.3) is 0 Å². The van der Waals surface area contributed by atoms with Crippen molar-refractivity contribution >= 4 is 17.7 Å². The molecule has 2 rings (SSSR count). The second-order valence-electron chi connectivity index (χ2n) is 5.16. The van der Waals surface area contributed by atoms with Crippen LogP contribution in [0.4, 0.5) is 0 Å². The Bertz CT molecular complexity index is 691. The number of ether oxygens (including phenoxy) is 1. The summed E-state index contributed by atoms with van der Waals surface area (Å²) in [6.07, 6.45) is 1.60. The molecule has 0 fully saturated rings.